The highest BCUT2D eigenvalue weighted by molar-refractivity contribution is 5.96. The molecule has 1 unspecified atom stereocenters. The van der Waals surface area contributed by atoms with E-state index in [1.165, 1.54) is 5.56 Å². The number of hydrogen-bond acceptors (Lipinski definition) is 3. The van der Waals surface area contributed by atoms with E-state index in [2.05, 4.69) is 43.0 Å². The molecule has 1 aliphatic heterocycles. The molecule has 1 saturated heterocycles. The van der Waals surface area contributed by atoms with Crippen LogP contribution in [0, 0.1) is 0 Å². The molecule has 1 aromatic carbocycles. The van der Waals surface area contributed by atoms with E-state index < -0.39 is 0 Å². The van der Waals surface area contributed by atoms with Crippen LogP contribution in [0.1, 0.15) is 35.7 Å². The zero-order chi connectivity index (χ0) is 14.5. The van der Waals surface area contributed by atoms with Gasteiger partial charge in [-0.05, 0) is 32.1 Å². The van der Waals surface area contributed by atoms with Gasteiger partial charge < -0.3 is 9.80 Å². The van der Waals surface area contributed by atoms with Gasteiger partial charge in [0.05, 0.1) is 0 Å². The molecule has 110 valence electrons. The zero-order valence-corrected chi connectivity index (χ0v) is 12.9. The third-order valence-corrected chi connectivity index (χ3v) is 4.19. The zero-order valence-electron chi connectivity index (χ0n) is 12.9. The maximum atomic E-state index is 12.5. The molecule has 0 radical (unpaired) electrons. The summed E-state index contributed by atoms with van der Waals surface area (Å²) in [5.74, 6) is 0.273. The molecule has 0 aliphatic carbocycles. The lowest BCUT2D eigenvalue weighted by atomic mass is 9.98. The minimum atomic E-state index is 0.273. The number of Topliss-reactive ketones (excluding diaryl/α,β-unsaturated/α-hetero) is 1. The van der Waals surface area contributed by atoms with Gasteiger partial charge in [-0.3, -0.25) is 4.79 Å². The molecule has 0 saturated carbocycles. The molecule has 3 nitrogen and oxygen atoms in total. The smallest absolute Gasteiger partial charge is 0.164 e. The van der Waals surface area contributed by atoms with Crippen molar-refractivity contribution < 1.29 is 4.79 Å². The summed E-state index contributed by atoms with van der Waals surface area (Å²) in [5.41, 5.74) is 2.14. The van der Waals surface area contributed by atoms with E-state index in [0.29, 0.717) is 12.5 Å². The number of carbonyl (C=O) groups is 1. The van der Waals surface area contributed by atoms with Crippen molar-refractivity contribution in [1.82, 2.24) is 9.80 Å². The normalized spacial score (nSPS) is 21.1. The molecule has 0 N–H and O–H groups in total. The molecule has 0 spiro atoms. The number of piperazine rings is 1. The van der Waals surface area contributed by atoms with Gasteiger partial charge in [0.2, 0.25) is 0 Å². The van der Waals surface area contributed by atoms with Gasteiger partial charge in [-0.15, -0.1) is 0 Å². The van der Waals surface area contributed by atoms with Gasteiger partial charge in [0, 0.05) is 37.7 Å². The van der Waals surface area contributed by atoms with Crippen LogP contribution in [0.2, 0.25) is 0 Å². The monoisotopic (exact) mass is 274 g/mol. The maximum absolute atomic E-state index is 12.5. The predicted molar refractivity (Wildman–Crippen MR) is 83.3 cm³/mol. The Hall–Kier alpha value is -1.19. The summed E-state index contributed by atoms with van der Waals surface area (Å²) in [5, 5.41) is 0. The van der Waals surface area contributed by atoms with Gasteiger partial charge in [-0.1, -0.05) is 31.5 Å². The van der Waals surface area contributed by atoms with Crippen LogP contribution in [0.3, 0.4) is 0 Å². The second-order valence-corrected chi connectivity index (χ2v) is 5.97. The van der Waals surface area contributed by atoms with Crippen LogP contribution < -0.4 is 0 Å². The summed E-state index contributed by atoms with van der Waals surface area (Å²) in [6.45, 7) is 5.29. The Morgan fingerprint density at radius 3 is 2.85 bits per heavy atom. The van der Waals surface area contributed by atoms with Crippen LogP contribution in [-0.4, -0.2) is 55.4 Å². The first-order valence-electron chi connectivity index (χ1n) is 7.61. The minimum Gasteiger partial charge on any atom is -0.304 e. The molecular formula is C17H26N2O. The second-order valence-electron chi connectivity index (χ2n) is 5.97. The van der Waals surface area contributed by atoms with Crippen molar-refractivity contribution in [2.75, 3.05) is 33.7 Å². The third-order valence-electron chi connectivity index (χ3n) is 4.19. The number of benzene rings is 1. The van der Waals surface area contributed by atoms with E-state index >= 15 is 0 Å². The van der Waals surface area contributed by atoms with E-state index in [1.54, 1.807) is 0 Å². The van der Waals surface area contributed by atoms with Gasteiger partial charge in [0.1, 0.15) is 0 Å². The predicted octanol–water partition coefficient (Wildman–Crippen LogP) is 2.46. The highest BCUT2D eigenvalue weighted by Gasteiger charge is 2.24. The number of carbonyl (C=O) groups excluding carboxylic acids is 1. The molecule has 2 rings (SSSR count). The standard InChI is InChI=1S/C17H26N2O/c1-4-6-14-7-5-8-15(11-14)17(20)12-16-13-18(2)9-10-19(16)3/h5,7-8,11,16H,4,6,9-10,12-13H2,1-3H3. The Labute approximate surface area is 122 Å². The van der Waals surface area contributed by atoms with Crippen LogP contribution in [-0.2, 0) is 6.42 Å². The topological polar surface area (TPSA) is 23.6 Å². The molecule has 0 aromatic heterocycles. The van der Waals surface area contributed by atoms with Crippen LogP contribution >= 0.6 is 0 Å². The van der Waals surface area contributed by atoms with Gasteiger partial charge >= 0.3 is 0 Å². The Morgan fingerprint density at radius 2 is 2.10 bits per heavy atom. The number of aryl methyl sites for hydroxylation is 1. The fourth-order valence-electron chi connectivity index (χ4n) is 2.84. The Kier molecular flexibility index (Phi) is 5.32. The average molecular weight is 274 g/mol. The molecule has 0 bridgehead atoms. The Balaban J connectivity index is 2.02. The number of hydrogen-bond donors (Lipinski definition) is 0. The Bertz CT molecular complexity index is 458. The van der Waals surface area contributed by atoms with Crippen LogP contribution in [0.4, 0.5) is 0 Å². The van der Waals surface area contributed by atoms with E-state index in [9.17, 15) is 4.79 Å². The van der Waals surface area contributed by atoms with Crippen molar-refractivity contribution in [1.29, 1.82) is 0 Å². The highest BCUT2D eigenvalue weighted by atomic mass is 16.1. The molecule has 1 heterocycles. The summed E-state index contributed by atoms with van der Waals surface area (Å²) in [4.78, 5) is 17.1. The molecule has 1 atom stereocenters. The fourth-order valence-corrected chi connectivity index (χ4v) is 2.84. The van der Waals surface area contributed by atoms with Gasteiger partial charge in [0.25, 0.3) is 0 Å². The number of nitrogens with zero attached hydrogens (tertiary/aromatic N) is 2. The number of likely N-dealkylation sites (N-methyl/N-ethyl adjacent to an activating group) is 2. The van der Waals surface area contributed by atoms with E-state index in [-0.39, 0.29) is 5.78 Å². The number of rotatable bonds is 5. The lowest BCUT2D eigenvalue weighted by molar-refractivity contribution is 0.0810. The molecule has 1 aliphatic rings. The van der Waals surface area contributed by atoms with Crippen LogP contribution in [0.25, 0.3) is 0 Å². The minimum absolute atomic E-state index is 0.273. The largest absolute Gasteiger partial charge is 0.304 e. The Morgan fingerprint density at radius 1 is 1.30 bits per heavy atom. The van der Waals surface area contributed by atoms with Crippen molar-refractivity contribution in [3.63, 3.8) is 0 Å². The van der Waals surface area contributed by atoms with Crippen molar-refractivity contribution in [3.8, 4) is 0 Å². The lowest BCUT2D eigenvalue weighted by Gasteiger charge is -2.37. The molecule has 0 amide bonds. The highest BCUT2D eigenvalue weighted by Crippen LogP contribution is 2.15. The van der Waals surface area contributed by atoms with E-state index in [0.717, 1.165) is 38.0 Å². The second kappa shape index (κ2) is 7.00. The van der Waals surface area contributed by atoms with Crippen LogP contribution in [0.5, 0.6) is 0 Å². The van der Waals surface area contributed by atoms with E-state index in [1.807, 2.05) is 12.1 Å². The summed E-state index contributed by atoms with van der Waals surface area (Å²) in [6.07, 6.45) is 2.79. The lowest BCUT2D eigenvalue weighted by Crippen LogP contribution is -2.50. The molecule has 1 aromatic rings. The quantitative estimate of drug-likeness (QED) is 0.771. The first-order valence-corrected chi connectivity index (χ1v) is 7.61. The molecular weight excluding hydrogens is 248 g/mol. The van der Waals surface area contributed by atoms with Gasteiger partial charge in [0.15, 0.2) is 5.78 Å². The third kappa shape index (κ3) is 3.90. The van der Waals surface area contributed by atoms with Crippen molar-refractivity contribution >= 4 is 5.78 Å². The molecule has 3 heteroatoms. The van der Waals surface area contributed by atoms with Crippen molar-refractivity contribution in [2.45, 2.75) is 32.2 Å². The summed E-state index contributed by atoms with van der Waals surface area (Å²) in [6, 6.07) is 8.48. The van der Waals surface area contributed by atoms with Crippen molar-refractivity contribution in [2.24, 2.45) is 0 Å². The first-order chi connectivity index (χ1) is 9.60. The van der Waals surface area contributed by atoms with Crippen LogP contribution in [0.15, 0.2) is 24.3 Å². The molecule has 20 heavy (non-hydrogen) atoms. The summed E-state index contributed by atoms with van der Waals surface area (Å²) >= 11 is 0. The van der Waals surface area contributed by atoms with Gasteiger partial charge in [-0.2, -0.15) is 0 Å². The number of ketones is 1. The fraction of sp³-hybridized carbons (Fsp3) is 0.588. The maximum Gasteiger partial charge on any atom is 0.164 e. The SMILES string of the molecule is CCCc1cccc(C(=O)CC2CN(C)CCN2C)c1. The average Bonchev–Trinajstić information content (AvgIpc) is 2.43. The van der Waals surface area contributed by atoms with E-state index in [4.69, 9.17) is 0 Å². The first kappa shape index (κ1) is 15.2. The van der Waals surface area contributed by atoms with Gasteiger partial charge in [-0.25, -0.2) is 0 Å². The summed E-state index contributed by atoms with van der Waals surface area (Å²) in [7, 11) is 4.25. The summed E-state index contributed by atoms with van der Waals surface area (Å²) < 4.78 is 0. The molecule has 1 fully saturated rings. The van der Waals surface area contributed by atoms with Crippen molar-refractivity contribution in [3.05, 3.63) is 35.4 Å².